The minimum Gasteiger partial charge on any atom is -0.480 e. The lowest BCUT2D eigenvalue weighted by molar-refractivity contribution is -0.139. The van der Waals surface area contributed by atoms with Crippen molar-refractivity contribution in [2.45, 2.75) is 23.1 Å². The summed E-state index contributed by atoms with van der Waals surface area (Å²) in [6.45, 7) is 0.114. The van der Waals surface area contributed by atoms with E-state index in [0.717, 1.165) is 24.3 Å². The van der Waals surface area contributed by atoms with Gasteiger partial charge in [-0.3, -0.25) is 4.79 Å². The third-order valence-corrected chi connectivity index (χ3v) is 4.29. The molecule has 1 aromatic carbocycles. The summed E-state index contributed by atoms with van der Waals surface area (Å²) >= 11 is 0. The number of nitrogens with one attached hydrogen (secondary N) is 1. The van der Waals surface area contributed by atoms with Crippen LogP contribution in [-0.2, 0) is 19.4 Å². The smallest absolute Gasteiger partial charge is 0.341 e. The molecule has 0 spiro atoms. The van der Waals surface area contributed by atoms with Gasteiger partial charge in [0.25, 0.3) is 5.91 Å². The molecular formula is C13H15F2NO6S. The lowest BCUT2D eigenvalue weighted by Gasteiger charge is -2.14. The van der Waals surface area contributed by atoms with E-state index in [9.17, 15) is 26.8 Å². The monoisotopic (exact) mass is 351 g/mol. The average molecular weight is 351 g/mol. The second-order valence-corrected chi connectivity index (χ2v) is 6.39. The number of rotatable bonds is 8. The SMILES string of the molecule is COCCC(NC(=O)c1ccc(S(=O)(=O)C(F)F)cc1)C(=O)O. The Balaban J connectivity index is 2.87. The number of benzene rings is 1. The summed E-state index contributed by atoms with van der Waals surface area (Å²) in [5, 5.41) is 11.2. The van der Waals surface area contributed by atoms with Crippen LogP contribution in [0.5, 0.6) is 0 Å². The van der Waals surface area contributed by atoms with E-state index in [2.05, 4.69) is 5.32 Å². The van der Waals surface area contributed by atoms with Gasteiger partial charge in [-0.1, -0.05) is 0 Å². The molecule has 1 amide bonds. The summed E-state index contributed by atoms with van der Waals surface area (Å²) in [7, 11) is -3.37. The molecule has 1 aromatic rings. The fourth-order valence-electron chi connectivity index (χ4n) is 1.63. The molecule has 0 saturated carbocycles. The Morgan fingerprint density at radius 2 is 1.83 bits per heavy atom. The normalized spacial score (nSPS) is 12.9. The Hall–Kier alpha value is -2.07. The molecule has 0 fully saturated rings. The van der Waals surface area contributed by atoms with Crippen molar-refractivity contribution in [2.75, 3.05) is 13.7 Å². The van der Waals surface area contributed by atoms with Crippen LogP contribution in [0.15, 0.2) is 29.2 Å². The maximum atomic E-state index is 12.4. The molecular weight excluding hydrogens is 336 g/mol. The molecule has 1 rings (SSSR count). The molecule has 1 unspecified atom stereocenters. The summed E-state index contributed by atoms with van der Waals surface area (Å²) < 4.78 is 52.0. The molecule has 0 bridgehead atoms. The minimum absolute atomic E-state index is 0.0371. The maximum absolute atomic E-state index is 12.4. The first-order valence-corrected chi connectivity index (χ1v) is 7.89. The van der Waals surface area contributed by atoms with Gasteiger partial charge in [0.1, 0.15) is 6.04 Å². The van der Waals surface area contributed by atoms with Crippen LogP contribution in [-0.4, -0.2) is 50.9 Å². The number of carboxylic acid groups (broad SMARTS) is 1. The van der Waals surface area contributed by atoms with Crippen molar-refractivity contribution >= 4 is 21.7 Å². The number of methoxy groups -OCH3 is 1. The highest BCUT2D eigenvalue weighted by atomic mass is 32.2. The molecule has 128 valence electrons. The number of aliphatic carboxylic acids is 1. The van der Waals surface area contributed by atoms with Gasteiger partial charge in [0, 0.05) is 25.7 Å². The van der Waals surface area contributed by atoms with Crippen LogP contribution < -0.4 is 5.32 Å². The van der Waals surface area contributed by atoms with Crippen LogP contribution in [0.4, 0.5) is 8.78 Å². The molecule has 0 saturated heterocycles. The maximum Gasteiger partial charge on any atom is 0.341 e. The van der Waals surface area contributed by atoms with Crippen LogP contribution in [0.2, 0.25) is 0 Å². The highest BCUT2D eigenvalue weighted by Gasteiger charge is 2.27. The molecule has 0 heterocycles. The zero-order chi connectivity index (χ0) is 17.6. The molecule has 23 heavy (non-hydrogen) atoms. The van der Waals surface area contributed by atoms with Crippen molar-refractivity contribution in [2.24, 2.45) is 0 Å². The van der Waals surface area contributed by atoms with Crippen molar-refractivity contribution in [1.82, 2.24) is 5.32 Å². The van der Waals surface area contributed by atoms with Crippen LogP contribution in [0.25, 0.3) is 0 Å². The van der Waals surface area contributed by atoms with E-state index >= 15 is 0 Å². The standard InChI is InChI=1S/C13H15F2NO6S/c1-22-7-6-10(12(18)19)16-11(17)8-2-4-9(5-3-8)23(20,21)13(14)15/h2-5,10,13H,6-7H2,1H3,(H,16,17)(H,18,19). The molecule has 7 nitrogen and oxygen atoms in total. The number of carbonyl (C=O) groups excluding carboxylic acids is 1. The average Bonchev–Trinajstić information content (AvgIpc) is 2.50. The molecule has 0 aliphatic carbocycles. The van der Waals surface area contributed by atoms with Gasteiger partial charge in [-0.05, 0) is 24.3 Å². The molecule has 2 N–H and O–H groups in total. The van der Waals surface area contributed by atoms with Gasteiger partial charge in [-0.25, -0.2) is 13.2 Å². The van der Waals surface area contributed by atoms with Crippen LogP contribution >= 0.6 is 0 Å². The molecule has 10 heteroatoms. The number of hydrogen-bond acceptors (Lipinski definition) is 5. The number of ether oxygens (including phenoxy) is 1. The van der Waals surface area contributed by atoms with Gasteiger partial charge >= 0.3 is 11.7 Å². The lowest BCUT2D eigenvalue weighted by Crippen LogP contribution is -2.41. The molecule has 0 aromatic heterocycles. The summed E-state index contributed by atoms with van der Waals surface area (Å²) in [4.78, 5) is 22.3. The van der Waals surface area contributed by atoms with Crippen molar-refractivity contribution in [3.05, 3.63) is 29.8 Å². The summed E-state index contributed by atoms with van der Waals surface area (Å²) in [5.41, 5.74) is -0.0538. The fraction of sp³-hybridized carbons (Fsp3) is 0.385. The number of halogens is 2. The number of carbonyl (C=O) groups is 2. The second-order valence-electron chi connectivity index (χ2n) is 4.48. The number of sulfone groups is 1. The zero-order valence-corrected chi connectivity index (χ0v) is 12.8. The largest absolute Gasteiger partial charge is 0.480 e. The number of alkyl halides is 2. The summed E-state index contributed by atoms with van der Waals surface area (Å²) in [6.07, 6.45) is 0.0371. The van der Waals surface area contributed by atoms with Gasteiger partial charge in [-0.15, -0.1) is 0 Å². The van der Waals surface area contributed by atoms with Gasteiger partial charge in [0.05, 0.1) is 4.90 Å². The van der Waals surface area contributed by atoms with Gasteiger partial charge in [-0.2, -0.15) is 8.78 Å². The number of amides is 1. The van der Waals surface area contributed by atoms with E-state index in [1.54, 1.807) is 0 Å². The molecule has 0 aliphatic rings. The third kappa shape index (κ3) is 4.96. The first kappa shape index (κ1) is 19.0. The van der Waals surface area contributed by atoms with E-state index in [1.165, 1.54) is 7.11 Å². The van der Waals surface area contributed by atoms with Gasteiger partial charge < -0.3 is 15.2 Å². The Kier molecular flexibility index (Phi) is 6.58. The first-order valence-electron chi connectivity index (χ1n) is 6.35. The Bertz CT molecular complexity index is 660. The van der Waals surface area contributed by atoms with E-state index in [4.69, 9.17) is 9.84 Å². The van der Waals surface area contributed by atoms with E-state index < -0.39 is 38.4 Å². The van der Waals surface area contributed by atoms with Crippen LogP contribution in [0.3, 0.4) is 0 Å². The Morgan fingerprint density at radius 3 is 2.26 bits per heavy atom. The van der Waals surface area contributed by atoms with Gasteiger partial charge in [0.2, 0.25) is 9.84 Å². The van der Waals surface area contributed by atoms with E-state index in [-0.39, 0.29) is 18.6 Å². The quantitative estimate of drug-likeness (QED) is 0.720. The van der Waals surface area contributed by atoms with E-state index in [0.29, 0.717) is 0 Å². The predicted molar refractivity (Wildman–Crippen MR) is 75.0 cm³/mol. The second kappa shape index (κ2) is 7.97. The fourth-order valence-corrected chi connectivity index (χ4v) is 2.35. The third-order valence-electron chi connectivity index (χ3n) is 2.89. The van der Waals surface area contributed by atoms with Crippen molar-refractivity contribution < 1.29 is 36.6 Å². The van der Waals surface area contributed by atoms with Crippen molar-refractivity contribution in [1.29, 1.82) is 0 Å². The van der Waals surface area contributed by atoms with Crippen LogP contribution in [0, 0.1) is 0 Å². The topological polar surface area (TPSA) is 110 Å². The highest BCUT2D eigenvalue weighted by Crippen LogP contribution is 2.18. The predicted octanol–water partition coefficient (Wildman–Crippen LogP) is 0.902. The molecule has 1 atom stereocenters. The summed E-state index contributed by atoms with van der Waals surface area (Å²) in [6, 6.07) is 2.59. The Morgan fingerprint density at radius 1 is 1.26 bits per heavy atom. The Labute approximate surface area is 131 Å². The highest BCUT2D eigenvalue weighted by molar-refractivity contribution is 7.91. The van der Waals surface area contributed by atoms with Crippen molar-refractivity contribution in [3.8, 4) is 0 Å². The summed E-state index contributed by atoms with van der Waals surface area (Å²) in [5.74, 6) is -5.59. The zero-order valence-electron chi connectivity index (χ0n) is 12.0. The lowest BCUT2D eigenvalue weighted by atomic mass is 10.1. The first-order chi connectivity index (χ1) is 10.7. The van der Waals surface area contributed by atoms with Crippen molar-refractivity contribution in [3.63, 3.8) is 0 Å². The minimum atomic E-state index is -4.74. The number of hydrogen-bond donors (Lipinski definition) is 2. The van der Waals surface area contributed by atoms with E-state index in [1.807, 2.05) is 0 Å². The molecule has 0 radical (unpaired) electrons. The number of carboxylic acids is 1. The van der Waals surface area contributed by atoms with Crippen LogP contribution in [0.1, 0.15) is 16.8 Å². The van der Waals surface area contributed by atoms with Gasteiger partial charge in [0.15, 0.2) is 0 Å². The molecule has 0 aliphatic heterocycles.